The van der Waals surface area contributed by atoms with Crippen molar-refractivity contribution in [3.05, 3.63) is 27.5 Å². The summed E-state index contributed by atoms with van der Waals surface area (Å²) >= 11 is 13.6. The Morgan fingerprint density at radius 2 is 1.17 bits per heavy atom. The molecule has 0 bridgehead atoms. The molecule has 0 nitrogen and oxygen atoms in total. The fraction of sp³-hybridized carbons (Fsp3) is 0. The molecule has 6 heteroatoms. The Balaban J connectivity index is 3.60. The minimum atomic E-state index is -1.31. The van der Waals surface area contributed by atoms with E-state index < -0.39 is 32.4 Å². The summed E-state index contributed by atoms with van der Waals surface area (Å²) in [5.74, 6) is -3.81. The lowest BCUT2D eigenvalue weighted by Gasteiger charge is -2.03. The van der Waals surface area contributed by atoms with E-state index >= 15 is 0 Å². The van der Waals surface area contributed by atoms with Crippen LogP contribution in [0.25, 0.3) is 0 Å². The molecule has 1 aromatic rings. The molecule has 0 heterocycles. The normalized spacial score (nSPS) is 10.5. The van der Waals surface area contributed by atoms with Crippen molar-refractivity contribution in [3.8, 4) is 0 Å². The fourth-order valence-electron chi connectivity index (χ4n) is 0.593. The minimum absolute atomic E-state index is 0.689. The van der Waals surface area contributed by atoms with E-state index in [1.807, 2.05) is 0 Å². The van der Waals surface area contributed by atoms with Crippen LogP contribution in [0.1, 0.15) is 0 Å². The first kappa shape index (κ1) is 10.0. The zero-order valence-corrected chi connectivity index (χ0v) is 7.74. The third-order valence-electron chi connectivity index (χ3n) is 1.19. The van der Waals surface area contributed by atoms with Crippen molar-refractivity contribution in [2.45, 2.75) is 4.90 Å². The summed E-state index contributed by atoms with van der Waals surface area (Å²) in [6.45, 7) is 0. The monoisotopic (exact) mass is 232 g/mol. The zero-order valence-electron chi connectivity index (χ0n) is 5.34. The summed E-state index contributed by atoms with van der Waals surface area (Å²) < 4.78 is 38.0. The highest BCUT2D eigenvalue weighted by Gasteiger charge is 2.20. The Hall–Kier alpha value is -0.0600. The summed E-state index contributed by atoms with van der Waals surface area (Å²) in [6, 6.07) is 0. The Labute approximate surface area is 81.7 Å². The van der Waals surface area contributed by atoms with Gasteiger partial charge in [-0.2, -0.15) is 0 Å². The van der Waals surface area contributed by atoms with Crippen LogP contribution in [0, 0.1) is 17.5 Å². The van der Waals surface area contributed by atoms with E-state index in [1.54, 1.807) is 0 Å². The average molecular weight is 233 g/mol. The summed E-state index contributed by atoms with van der Waals surface area (Å²) in [5.41, 5.74) is 0. The summed E-state index contributed by atoms with van der Waals surface area (Å²) in [7, 11) is 0. The van der Waals surface area contributed by atoms with E-state index in [0.29, 0.717) is 0 Å². The molecule has 0 aliphatic heterocycles. The van der Waals surface area contributed by atoms with E-state index in [9.17, 15) is 13.2 Å². The molecule has 0 amide bonds. The molecule has 0 saturated carbocycles. The first-order valence-corrected chi connectivity index (χ1v) is 3.87. The van der Waals surface area contributed by atoms with Gasteiger partial charge in [-0.05, 0) is 0 Å². The topological polar surface area (TPSA) is 0 Å². The lowest BCUT2D eigenvalue weighted by molar-refractivity contribution is 0.512. The predicted octanol–water partition coefficient (Wildman–Crippen LogP) is 3.70. The zero-order chi connectivity index (χ0) is 9.46. The van der Waals surface area contributed by atoms with Gasteiger partial charge in [0.15, 0.2) is 17.5 Å². The van der Waals surface area contributed by atoms with E-state index in [4.69, 9.17) is 23.2 Å². The standard InChI is InChI=1S/C6HCl2F3S/c7-1-3(9)2(8)5(11)6(12)4(1)10/h12H. The molecule has 0 aromatic heterocycles. The maximum Gasteiger partial charge on any atom is 0.166 e. The molecule has 0 atom stereocenters. The molecule has 0 N–H and O–H groups in total. The molecular weight excluding hydrogens is 232 g/mol. The van der Waals surface area contributed by atoms with Crippen LogP contribution in [0.15, 0.2) is 4.90 Å². The first-order chi connectivity index (χ1) is 5.46. The molecule has 0 aliphatic carbocycles. The highest BCUT2D eigenvalue weighted by atomic mass is 35.5. The lowest BCUT2D eigenvalue weighted by atomic mass is 10.3. The van der Waals surface area contributed by atoms with Gasteiger partial charge in [0, 0.05) is 0 Å². The number of rotatable bonds is 0. The molecule has 0 unspecified atom stereocenters. The fourth-order valence-corrected chi connectivity index (χ4v) is 1.38. The van der Waals surface area contributed by atoms with Crippen LogP contribution in [0.2, 0.25) is 10.0 Å². The quantitative estimate of drug-likeness (QED) is 0.394. The SMILES string of the molecule is Fc1c(S)c(F)c(Cl)c(F)c1Cl. The molecule has 0 spiro atoms. The number of benzene rings is 1. The van der Waals surface area contributed by atoms with Crippen LogP contribution < -0.4 is 0 Å². The van der Waals surface area contributed by atoms with Crippen molar-refractivity contribution in [2.24, 2.45) is 0 Å². The highest BCUT2D eigenvalue weighted by molar-refractivity contribution is 7.80. The van der Waals surface area contributed by atoms with Gasteiger partial charge in [-0.15, -0.1) is 12.6 Å². The van der Waals surface area contributed by atoms with E-state index in [-0.39, 0.29) is 0 Å². The Morgan fingerprint density at radius 1 is 0.833 bits per heavy atom. The van der Waals surface area contributed by atoms with Crippen LogP contribution in [0.3, 0.4) is 0 Å². The summed E-state index contributed by atoms with van der Waals surface area (Å²) in [4.78, 5) is -0.689. The van der Waals surface area contributed by atoms with Gasteiger partial charge in [0.2, 0.25) is 0 Å². The number of thiol groups is 1. The molecule has 0 saturated heterocycles. The lowest BCUT2D eigenvalue weighted by Crippen LogP contribution is -1.93. The van der Waals surface area contributed by atoms with Gasteiger partial charge in [0.25, 0.3) is 0 Å². The average Bonchev–Trinajstić information content (AvgIpc) is 2.08. The van der Waals surface area contributed by atoms with Crippen molar-refractivity contribution >= 4 is 35.8 Å². The van der Waals surface area contributed by atoms with Gasteiger partial charge in [0.1, 0.15) is 10.0 Å². The van der Waals surface area contributed by atoms with Crippen LogP contribution in [-0.2, 0) is 0 Å². The molecule has 1 rings (SSSR count). The predicted molar refractivity (Wildman–Crippen MR) is 43.6 cm³/mol. The molecule has 66 valence electrons. The smallest absolute Gasteiger partial charge is 0.166 e. The Kier molecular flexibility index (Phi) is 2.81. The molecule has 12 heavy (non-hydrogen) atoms. The van der Waals surface area contributed by atoms with Crippen molar-refractivity contribution in [2.75, 3.05) is 0 Å². The Morgan fingerprint density at radius 3 is 1.50 bits per heavy atom. The maximum absolute atomic E-state index is 12.7. The van der Waals surface area contributed by atoms with Gasteiger partial charge < -0.3 is 0 Å². The minimum Gasteiger partial charge on any atom is -0.204 e. The van der Waals surface area contributed by atoms with Gasteiger partial charge in [0.05, 0.1) is 4.90 Å². The third-order valence-corrected chi connectivity index (χ3v) is 2.24. The molecule has 0 fully saturated rings. The van der Waals surface area contributed by atoms with Gasteiger partial charge in [-0.3, -0.25) is 0 Å². The molecule has 0 radical (unpaired) electrons. The van der Waals surface area contributed by atoms with Crippen molar-refractivity contribution < 1.29 is 13.2 Å². The van der Waals surface area contributed by atoms with E-state index in [0.717, 1.165) is 0 Å². The van der Waals surface area contributed by atoms with Crippen LogP contribution in [-0.4, -0.2) is 0 Å². The molecule has 1 aromatic carbocycles. The molecule has 0 aliphatic rings. The molecular formula is C6HCl2F3S. The summed E-state index contributed by atoms with van der Waals surface area (Å²) in [5, 5.41) is -1.71. The number of halogens is 5. The second-order valence-electron chi connectivity index (χ2n) is 1.92. The van der Waals surface area contributed by atoms with Crippen LogP contribution in [0.5, 0.6) is 0 Å². The van der Waals surface area contributed by atoms with Gasteiger partial charge in [-0.1, -0.05) is 23.2 Å². The first-order valence-electron chi connectivity index (χ1n) is 2.67. The maximum atomic E-state index is 12.7. The second kappa shape index (κ2) is 3.36. The summed E-state index contributed by atoms with van der Waals surface area (Å²) in [6.07, 6.45) is 0. The van der Waals surface area contributed by atoms with Crippen molar-refractivity contribution in [3.63, 3.8) is 0 Å². The van der Waals surface area contributed by atoms with Crippen LogP contribution in [0.4, 0.5) is 13.2 Å². The van der Waals surface area contributed by atoms with E-state index in [1.165, 1.54) is 0 Å². The second-order valence-corrected chi connectivity index (χ2v) is 3.12. The number of hydrogen-bond acceptors (Lipinski definition) is 1. The van der Waals surface area contributed by atoms with Crippen molar-refractivity contribution in [1.29, 1.82) is 0 Å². The highest BCUT2D eigenvalue weighted by Crippen LogP contribution is 2.33. The van der Waals surface area contributed by atoms with Gasteiger partial charge >= 0.3 is 0 Å². The van der Waals surface area contributed by atoms with Gasteiger partial charge in [-0.25, -0.2) is 13.2 Å². The van der Waals surface area contributed by atoms with Crippen molar-refractivity contribution in [1.82, 2.24) is 0 Å². The van der Waals surface area contributed by atoms with E-state index in [2.05, 4.69) is 12.6 Å². The Bertz CT molecular complexity index is 235. The number of hydrogen-bond donors (Lipinski definition) is 1. The van der Waals surface area contributed by atoms with Crippen LogP contribution >= 0.6 is 35.8 Å². The largest absolute Gasteiger partial charge is 0.204 e. The third kappa shape index (κ3) is 1.39.